The zero-order chi connectivity index (χ0) is 13.1. The molecule has 1 heterocycles. The van der Waals surface area contributed by atoms with Crippen molar-refractivity contribution in [2.75, 3.05) is 11.9 Å². The van der Waals surface area contributed by atoms with Crippen LogP contribution in [0.1, 0.15) is 17.5 Å². The average Bonchev–Trinajstić information content (AvgIpc) is 2.81. The van der Waals surface area contributed by atoms with Crippen LogP contribution in [0.5, 0.6) is 0 Å². The van der Waals surface area contributed by atoms with Crippen LogP contribution in [0.15, 0.2) is 24.3 Å². The number of aliphatic hydroxyl groups is 1. The van der Waals surface area contributed by atoms with Gasteiger partial charge in [-0.05, 0) is 24.6 Å². The maximum Gasteiger partial charge on any atom is 0.190 e. The number of nitrogens with zero attached hydrogens (tertiary/aromatic N) is 2. The highest BCUT2D eigenvalue weighted by Crippen LogP contribution is 2.31. The van der Waals surface area contributed by atoms with Gasteiger partial charge in [-0.25, -0.2) is 9.37 Å². The van der Waals surface area contributed by atoms with Crippen molar-refractivity contribution in [2.45, 2.75) is 20.0 Å². The quantitative estimate of drug-likeness (QED) is 0.923. The number of hydrogen-bond acceptors (Lipinski definition) is 4. The predicted molar refractivity (Wildman–Crippen MR) is 71.9 cm³/mol. The van der Waals surface area contributed by atoms with Gasteiger partial charge in [0.25, 0.3) is 0 Å². The van der Waals surface area contributed by atoms with Gasteiger partial charge in [-0.3, -0.25) is 0 Å². The Morgan fingerprint density at radius 1 is 1.44 bits per heavy atom. The SMILES string of the molecule is CCc1nc(N(C)c2cccc(F)c2)sc1CO. The van der Waals surface area contributed by atoms with Gasteiger partial charge in [-0.2, -0.15) is 0 Å². The van der Waals surface area contributed by atoms with Crippen molar-refractivity contribution in [3.05, 3.63) is 40.7 Å². The second-order valence-corrected chi connectivity index (χ2v) is 4.98. The number of aliphatic hydroxyl groups excluding tert-OH is 1. The van der Waals surface area contributed by atoms with Crippen LogP contribution in [-0.4, -0.2) is 17.1 Å². The Hall–Kier alpha value is -1.46. The van der Waals surface area contributed by atoms with Crippen molar-refractivity contribution in [2.24, 2.45) is 0 Å². The lowest BCUT2D eigenvalue weighted by molar-refractivity contribution is 0.284. The van der Waals surface area contributed by atoms with Gasteiger partial charge in [0.2, 0.25) is 0 Å². The first-order valence-corrected chi connectivity index (χ1v) is 6.56. The highest BCUT2D eigenvalue weighted by molar-refractivity contribution is 7.15. The molecule has 0 radical (unpaired) electrons. The molecule has 3 nitrogen and oxygen atoms in total. The fourth-order valence-corrected chi connectivity index (χ4v) is 2.70. The summed E-state index contributed by atoms with van der Waals surface area (Å²) in [7, 11) is 1.84. The van der Waals surface area contributed by atoms with Crippen LogP contribution in [0.4, 0.5) is 15.2 Å². The molecule has 0 aliphatic carbocycles. The monoisotopic (exact) mass is 266 g/mol. The largest absolute Gasteiger partial charge is 0.391 e. The van der Waals surface area contributed by atoms with Crippen molar-refractivity contribution >= 4 is 22.2 Å². The minimum absolute atomic E-state index is 0.00215. The van der Waals surface area contributed by atoms with Crippen molar-refractivity contribution in [3.63, 3.8) is 0 Å². The Labute approximate surface area is 110 Å². The standard InChI is InChI=1S/C13H15FN2OS/c1-3-11-12(8-17)18-13(15-11)16(2)10-6-4-5-9(14)7-10/h4-7,17H,3,8H2,1-2H3. The fourth-order valence-electron chi connectivity index (χ4n) is 1.71. The summed E-state index contributed by atoms with van der Waals surface area (Å²) in [5, 5.41) is 10.0. The van der Waals surface area contributed by atoms with E-state index in [1.165, 1.54) is 23.5 Å². The highest BCUT2D eigenvalue weighted by Gasteiger charge is 2.13. The van der Waals surface area contributed by atoms with Crippen molar-refractivity contribution in [1.82, 2.24) is 4.98 Å². The molecule has 2 aromatic rings. The van der Waals surface area contributed by atoms with Gasteiger partial charge in [-0.15, -0.1) is 0 Å². The Morgan fingerprint density at radius 3 is 2.78 bits per heavy atom. The van der Waals surface area contributed by atoms with E-state index in [0.717, 1.165) is 27.8 Å². The molecule has 0 fully saturated rings. The zero-order valence-corrected chi connectivity index (χ0v) is 11.2. The molecule has 0 spiro atoms. The molecule has 18 heavy (non-hydrogen) atoms. The average molecular weight is 266 g/mol. The summed E-state index contributed by atoms with van der Waals surface area (Å²) in [5.74, 6) is -0.269. The molecule has 5 heteroatoms. The molecule has 0 aliphatic heterocycles. The Kier molecular flexibility index (Phi) is 3.93. The topological polar surface area (TPSA) is 36.4 Å². The molecule has 0 aliphatic rings. The Balaban J connectivity index is 2.33. The van der Waals surface area contributed by atoms with E-state index in [9.17, 15) is 9.50 Å². The third-order valence-electron chi connectivity index (χ3n) is 2.73. The number of anilines is 2. The molecule has 1 aromatic heterocycles. The Morgan fingerprint density at radius 2 is 2.22 bits per heavy atom. The number of hydrogen-bond donors (Lipinski definition) is 1. The van der Waals surface area contributed by atoms with E-state index < -0.39 is 0 Å². The summed E-state index contributed by atoms with van der Waals surface area (Å²) in [4.78, 5) is 7.16. The minimum atomic E-state index is -0.269. The second-order valence-electron chi connectivity index (χ2n) is 3.92. The lowest BCUT2D eigenvalue weighted by Gasteiger charge is -2.15. The van der Waals surface area contributed by atoms with Gasteiger partial charge in [-0.1, -0.05) is 24.3 Å². The van der Waals surface area contributed by atoms with Crippen LogP contribution >= 0.6 is 11.3 Å². The molecule has 0 atom stereocenters. The summed E-state index contributed by atoms with van der Waals surface area (Å²) in [6.07, 6.45) is 0.781. The first-order valence-electron chi connectivity index (χ1n) is 5.74. The van der Waals surface area contributed by atoms with E-state index in [2.05, 4.69) is 4.98 Å². The van der Waals surface area contributed by atoms with Crippen molar-refractivity contribution < 1.29 is 9.50 Å². The molecular weight excluding hydrogens is 251 g/mol. The third kappa shape index (κ3) is 2.52. The molecule has 0 amide bonds. The molecule has 1 N–H and O–H groups in total. The van der Waals surface area contributed by atoms with Crippen molar-refractivity contribution in [1.29, 1.82) is 0 Å². The first-order chi connectivity index (χ1) is 8.65. The van der Waals surface area contributed by atoms with Gasteiger partial charge in [0.05, 0.1) is 17.2 Å². The Bertz CT molecular complexity index is 520. The van der Waals surface area contributed by atoms with E-state index in [4.69, 9.17) is 0 Å². The molecule has 2 rings (SSSR count). The summed E-state index contributed by atoms with van der Waals surface area (Å²) in [5.41, 5.74) is 1.65. The molecule has 0 saturated heterocycles. The van der Waals surface area contributed by atoms with Gasteiger partial charge in [0.1, 0.15) is 5.82 Å². The number of rotatable bonds is 4. The minimum Gasteiger partial charge on any atom is -0.391 e. The predicted octanol–water partition coefficient (Wildman–Crippen LogP) is 3.10. The van der Waals surface area contributed by atoms with Crippen LogP contribution in [0.3, 0.4) is 0 Å². The highest BCUT2D eigenvalue weighted by atomic mass is 32.1. The zero-order valence-electron chi connectivity index (χ0n) is 10.4. The van der Waals surface area contributed by atoms with E-state index in [1.807, 2.05) is 24.9 Å². The lowest BCUT2D eigenvalue weighted by Crippen LogP contribution is -2.09. The van der Waals surface area contributed by atoms with Crippen LogP contribution in [0.2, 0.25) is 0 Å². The fraction of sp³-hybridized carbons (Fsp3) is 0.308. The number of aryl methyl sites for hydroxylation is 1. The molecule has 0 saturated carbocycles. The third-order valence-corrected chi connectivity index (χ3v) is 3.89. The summed E-state index contributed by atoms with van der Waals surface area (Å²) >= 11 is 1.44. The molecular formula is C13H15FN2OS. The first kappa shape index (κ1) is 13.0. The number of benzene rings is 1. The molecule has 0 unspecified atom stereocenters. The molecule has 1 aromatic carbocycles. The van der Waals surface area contributed by atoms with E-state index in [1.54, 1.807) is 6.07 Å². The maximum absolute atomic E-state index is 13.2. The van der Waals surface area contributed by atoms with E-state index >= 15 is 0 Å². The normalized spacial score (nSPS) is 10.7. The van der Waals surface area contributed by atoms with Gasteiger partial charge >= 0.3 is 0 Å². The smallest absolute Gasteiger partial charge is 0.190 e. The lowest BCUT2D eigenvalue weighted by atomic mass is 10.3. The van der Waals surface area contributed by atoms with Crippen molar-refractivity contribution in [3.8, 4) is 0 Å². The summed E-state index contributed by atoms with van der Waals surface area (Å²) in [6.45, 7) is 2.00. The van der Waals surface area contributed by atoms with Crippen LogP contribution in [-0.2, 0) is 13.0 Å². The second kappa shape index (κ2) is 5.46. The van der Waals surface area contributed by atoms with Crippen LogP contribution < -0.4 is 4.90 Å². The molecule has 0 bridgehead atoms. The maximum atomic E-state index is 13.2. The van der Waals surface area contributed by atoms with Crippen LogP contribution in [0.25, 0.3) is 0 Å². The van der Waals surface area contributed by atoms with Gasteiger partial charge in [0, 0.05) is 12.7 Å². The van der Waals surface area contributed by atoms with Crippen LogP contribution in [0, 0.1) is 5.82 Å². The van der Waals surface area contributed by atoms with E-state index in [-0.39, 0.29) is 12.4 Å². The van der Waals surface area contributed by atoms with Gasteiger partial charge in [0.15, 0.2) is 5.13 Å². The molecule has 96 valence electrons. The number of aromatic nitrogens is 1. The van der Waals surface area contributed by atoms with E-state index in [0.29, 0.717) is 0 Å². The number of halogens is 1. The summed E-state index contributed by atoms with van der Waals surface area (Å²) < 4.78 is 13.2. The summed E-state index contributed by atoms with van der Waals surface area (Å²) in [6, 6.07) is 6.37. The number of thiazole rings is 1. The van der Waals surface area contributed by atoms with Gasteiger partial charge < -0.3 is 10.0 Å².